The Hall–Kier alpha value is -1.56. The number of primary amides is 1. The highest BCUT2D eigenvalue weighted by Crippen LogP contribution is 2.15. The fraction of sp³-hybridized carbons (Fsp3) is 0.364. The number of carbonyl (C=O) groups excluding carboxylic acids is 1. The largest absolute Gasteiger partial charge is 0.374 e. The van der Waals surface area contributed by atoms with Gasteiger partial charge in [0.1, 0.15) is 6.04 Å². The molecule has 0 saturated carbocycles. The molecule has 0 aromatic heterocycles. The minimum Gasteiger partial charge on any atom is -0.374 e. The molecule has 0 radical (unpaired) electrons. The van der Waals surface area contributed by atoms with Crippen molar-refractivity contribution in [2.24, 2.45) is 5.73 Å². The highest BCUT2D eigenvalue weighted by Gasteiger charge is 2.12. The second-order valence-corrected chi connectivity index (χ2v) is 5.82. The predicted molar refractivity (Wildman–Crippen MR) is 66.4 cm³/mol. The molecule has 0 spiro atoms. The lowest BCUT2D eigenvalue weighted by Gasteiger charge is -2.14. The maximum atomic E-state index is 11.2. The van der Waals surface area contributed by atoms with Gasteiger partial charge in [0.15, 0.2) is 9.84 Å². The van der Waals surface area contributed by atoms with Crippen LogP contribution >= 0.6 is 0 Å². The van der Waals surface area contributed by atoms with E-state index >= 15 is 0 Å². The van der Waals surface area contributed by atoms with E-state index in [-0.39, 0.29) is 4.90 Å². The first-order valence-electron chi connectivity index (χ1n) is 5.20. The van der Waals surface area contributed by atoms with Gasteiger partial charge in [-0.3, -0.25) is 4.79 Å². The first-order valence-corrected chi connectivity index (χ1v) is 7.09. The van der Waals surface area contributed by atoms with Crippen LogP contribution in [0.4, 0.5) is 5.69 Å². The molecule has 17 heavy (non-hydrogen) atoms. The third kappa shape index (κ3) is 3.74. The number of benzene rings is 1. The summed E-state index contributed by atoms with van der Waals surface area (Å²) in [4.78, 5) is 11.3. The van der Waals surface area contributed by atoms with Crippen LogP contribution in [-0.2, 0) is 14.6 Å². The standard InChI is InChI=1S/C11H16N2O3S/c1-3-10(11(12)14)13-8-4-6-9(7-5-8)17(2,15)16/h4-7,10,13H,3H2,1-2H3,(H2,12,14). The Morgan fingerprint density at radius 1 is 1.35 bits per heavy atom. The number of sulfone groups is 1. The lowest BCUT2D eigenvalue weighted by molar-refractivity contribution is -0.118. The highest BCUT2D eigenvalue weighted by atomic mass is 32.2. The summed E-state index contributed by atoms with van der Waals surface area (Å²) >= 11 is 0. The molecule has 0 aliphatic heterocycles. The Kier molecular flexibility index (Phi) is 4.11. The molecule has 94 valence electrons. The molecule has 0 bridgehead atoms. The van der Waals surface area contributed by atoms with Crippen molar-refractivity contribution in [2.75, 3.05) is 11.6 Å². The molecule has 0 fully saturated rings. The van der Waals surface area contributed by atoms with Crippen molar-refractivity contribution >= 4 is 21.4 Å². The average Bonchev–Trinajstić information content (AvgIpc) is 2.25. The molecule has 6 heteroatoms. The smallest absolute Gasteiger partial charge is 0.239 e. The second kappa shape index (κ2) is 5.18. The van der Waals surface area contributed by atoms with Crippen molar-refractivity contribution in [1.29, 1.82) is 0 Å². The van der Waals surface area contributed by atoms with Crippen molar-refractivity contribution in [3.63, 3.8) is 0 Å². The lowest BCUT2D eigenvalue weighted by atomic mass is 10.2. The van der Waals surface area contributed by atoms with Crippen LogP contribution in [0.25, 0.3) is 0 Å². The monoisotopic (exact) mass is 256 g/mol. The Balaban J connectivity index is 2.85. The summed E-state index contributed by atoms with van der Waals surface area (Å²) in [6, 6.07) is 5.76. The number of carbonyl (C=O) groups is 1. The van der Waals surface area contributed by atoms with Crippen molar-refractivity contribution in [2.45, 2.75) is 24.3 Å². The summed E-state index contributed by atoms with van der Waals surface area (Å²) in [5.74, 6) is -0.431. The highest BCUT2D eigenvalue weighted by molar-refractivity contribution is 7.90. The van der Waals surface area contributed by atoms with E-state index in [0.29, 0.717) is 12.1 Å². The van der Waals surface area contributed by atoms with Crippen LogP contribution in [0, 0.1) is 0 Å². The summed E-state index contributed by atoms with van der Waals surface area (Å²) in [6.45, 7) is 1.84. The number of nitrogens with two attached hydrogens (primary N) is 1. The summed E-state index contributed by atoms with van der Waals surface area (Å²) < 4.78 is 22.5. The van der Waals surface area contributed by atoms with Gasteiger partial charge in [-0.15, -0.1) is 0 Å². The van der Waals surface area contributed by atoms with Crippen LogP contribution in [0.1, 0.15) is 13.3 Å². The van der Waals surface area contributed by atoms with Crippen LogP contribution in [0.15, 0.2) is 29.2 Å². The quantitative estimate of drug-likeness (QED) is 0.814. The second-order valence-electron chi connectivity index (χ2n) is 3.80. The van der Waals surface area contributed by atoms with E-state index in [2.05, 4.69) is 5.32 Å². The van der Waals surface area contributed by atoms with Crippen molar-refractivity contribution in [1.82, 2.24) is 0 Å². The van der Waals surface area contributed by atoms with Crippen molar-refractivity contribution in [3.05, 3.63) is 24.3 Å². The number of nitrogens with one attached hydrogen (secondary N) is 1. The van der Waals surface area contributed by atoms with Gasteiger partial charge in [0.2, 0.25) is 5.91 Å². The Bertz CT molecular complexity index is 494. The molecule has 1 aromatic rings. The summed E-state index contributed by atoms with van der Waals surface area (Å²) in [6.07, 6.45) is 1.72. The van der Waals surface area contributed by atoms with E-state index in [0.717, 1.165) is 6.26 Å². The Morgan fingerprint density at radius 3 is 2.24 bits per heavy atom. The lowest BCUT2D eigenvalue weighted by Crippen LogP contribution is -2.34. The average molecular weight is 256 g/mol. The SMILES string of the molecule is CCC(Nc1ccc(S(C)(=O)=O)cc1)C(N)=O. The Morgan fingerprint density at radius 2 is 1.88 bits per heavy atom. The van der Waals surface area contributed by atoms with Gasteiger partial charge < -0.3 is 11.1 Å². The molecule has 1 atom stereocenters. The molecule has 0 aliphatic carbocycles. The third-order valence-corrected chi connectivity index (χ3v) is 3.50. The first kappa shape index (κ1) is 13.5. The normalized spacial score (nSPS) is 13.1. The van der Waals surface area contributed by atoms with Gasteiger partial charge in [-0.25, -0.2) is 8.42 Å². The number of anilines is 1. The predicted octanol–water partition coefficient (Wildman–Crippen LogP) is 0.766. The topological polar surface area (TPSA) is 89.3 Å². The van der Waals surface area contributed by atoms with Gasteiger partial charge in [-0.05, 0) is 30.7 Å². The maximum Gasteiger partial charge on any atom is 0.239 e. The molecule has 0 saturated heterocycles. The van der Waals surface area contributed by atoms with E-state index in [1.165, 1.54) is 12.1 Å². The van der Waals surface area contributed by atoms with Crippen LogP contribution < -0.4 is 11.1 Å². The van der Waals surface area contributed by atoms with Gasteiger partial charge in [-0.2, -0.15) is 0 Å². The zero-order valence-corrected chi connectivity index (χ0v) is 10.6. The van der Waals surface area contributed by atoms with Gasteiger partial charge >= 0.3 is 0 Å². The van der Waals surface area contributed by atoms with E-state index in [1.54, 1.807) is 12.1 Å². The van der Waals surface area contributed by atoms with Gasteiger partial charge in [0, 0.05) is 11.9 Å². The number of rotatable bonds is 5. The van der Waals surface area contributed by atoms with Crippen LogP contribution in [-0.4, -0.2) is 26.6 Å². The van der Waals surface area contributed by atoms with E-state index < -0.39 is 21.8 Å². The molecule has 0 heterocycles. The number of amides is 1. The zero-order chi connectivity index (χ0) is 13.1. The molecule has 3 N–H and O–H groups in total. The van der Waals surface area contributed by atoms with Crippen LogP contribution in [0.5, 0.6) is 0 Å². The number of hydrogen-bond donors (Lipinski definition) is 2. The van der Waals surface area contributed by atoms with Crippen LogP contribution in [0.2, 0.25) is 0 Å². The van der Waals surface area contributed by atoms with E-state index in [9.17, 15) is 13.2 Å². The van der Waals surface area contributed by atoms with Crippen molar-refractivity contribution in [3.8, 4) is 0 Å². The Labute approximate surface area is 101 Å². The molecule has 1 unspecified atom stereocenters. The zero-order valence-electron chi connectivity index (χ0n) is 9.80. The minimum absolute atomic E-state index is 0.246. The molecule has 1 aromatic carbocycles. The van der Waals surface area contributed by atoms with Gasteiger partial charge in [0.25, 0.3) is 0 Å². The minimum atomic E-state index is -3.19. The molecular formula is C11H16N2O3S. The van der Waals surface area contributed by atoms with E-state index in [4.69, 9.17) is 5.73 Å². The first-order chi connectivity index (χ1) is 7.84. The molecular weight excluding hydrogens is 240 g/mol. The summed E-state index contributed by atoms with van der Waals surface area (Å²) in [5.41, 5.74) is 5.87. The van der Waals surface area contributed by atoms with Crippen molar-refractivity contribution < 1.29 is 13.2 Å². The van der Waals surface area contributed by atoms with Gasteiger partial charge in [-0.1, -0.05) is 6.92 Å². The fourth-order valence-corrected chi connectivity index (χ4v) is 2.00. The molecule has 1 amide bonds. The molecule has 1 rings (SSSR count). The summed E-state index contributed by atoms with van der Waals surface area (Å²) in [7, 11) is -3.19. The van der Waals surface area contributed by atoms with Crippen LogP contribution in [0.3, 0.4) is 0 Å². The maximum absolute atomic E-state index is 11.2. The van der Waals surface area contributed by atoms with E-state index in [1.807, 2.05) is 6.92 Å². The molecule has 0 aliphatic rings. The molecule has 5 nitrogen and oxygen atoms in total. The number of hydrogen-bond acceptors (Lipinski definition) is 4. The van der Waals surface area contributed by atoms with Gasteiger partial charge in [0.05, 0.1) is 4.90 Å². The fourth-order valence-electron chi connectivity index (χ4n) is 1.37. The third-order valence-electron chi connectivity index (χ3n) is 2.38. The summed E-state index contributed by atoms with van der Waals surface area (Å²) in [5, 5.41) is 2.94.